The minimum atomic E-state index is 0.581. The largest absolute Gasteiger partial charge is 0.335 e. The minimum Gasteiger partial charge on any atom is -0.335 e. The highest BCUT2D eigenvalue weighted by atomic mass is 15.0. The molecule has 0 aliphatic carbocycles. The second-order valence-electron chi connectivity index (χ2n) is 4.50. The molecule has 0 atom stereocenters. The van der Waals surface area contributed by atoms with Crippen LogP contribution in [0.25, 0.3) is 33.7 Å². The van der Waals surface area contributed by atoms with Crippen LogP contribution in [-0.2, 0) is 0 Å². The van der Waals surface area contributed by atoms with Crippen LogP contribution < -0.4 is 0 Å². The fourth-order valence-electron chi connectivity index (χ4n) is 2.30. The molecule has 4 rings (SSSR count). The molecule has 0 bridgehead atoms. The summed E-state index contributed by atoms with van der Waals surface area (Å²) in [5, 5.41) is 9.11. The smallest absolute Gasteiger partial charge is 0.174 e. The molecule has 20 heavy (non-hydrogen) atoms. The summed E-state index contributed by atoms with van der Waals surface area (Å²) >= 11 is 0. The Morgan fingerprint density at radius 2 is 1.60 bits per heavy atom. The number of nitriles is 1. The highest BCUT2D eigenvalue weighted by Crippen LogP contribution is 2.22. The van der Waals surface area contributed by atoms with Crippen LogP contribution in [0.4, 0.5) is 0 Å². The minimum absolute atomic E-state index is 0.581. The molecule has 5 heteroatoms. The predicted octanol–water partition coefficient (Wildman–Crippen LogP) is 2.98. The Labute approximate surface area is 113 Å². The Bertz CT molecular complexity index is 938. The maximum atomic E-state index is 9.11. The monoisotopic (exact) mass is 259 g/mol. The van der Waals surface area contributed by atoms with Crippen molar-refractivity contribution < 1.29 is 0 Å². The van der Waals surface area contributed by atoms with E-state index in [4.69, 9.17) is 5.26 Å². The molecule has 2 aromatic carbocycles. The second-order valence-corrected chi connectivity index (χ2v) is 4.50. The molecular formula is C15H9N5. The van der Waals surface area contributed by atoms with Gasteiger partial charge in [-0.1, -0.05) is 18.2 Å². The van der Waals surface area contributed by atoms with Gasteiger partial charge < -0.3 is 9.97 Å². The average molecular weight is 259 g/mol. The van der Waals surface area contributed by atoms with Crippen LogP contribution in [0, 0.1) is 11.3 Å². The maximum Gasteiger partial charge on any atom is 0.174 e. The fourth-order valence-corrected chi connectivity index (χ4v) is 2.30. The zero-order valence-corrected chi connectivity index (χ0v) is 10.4. The van der Waals surface area contributed by atoms with Crippen LogP contribution in [0.1, 0.15) is 5.56 Å². The van der Waals surface area contributed by atoms with Crippen LogP contribution in [0.3, 0.4) is 0 Å². The van der Waals surface area contributed by atoms with Crippen molar-refractivity contribution in [1.82, 2.24) is 19.9 Å². The quantitative estimate of drug-likeness (QED) is 0.551. The molecule has 0 fully saturated rings. The molecule has 5 nitrogen and oxygen atoms in total. The van der Waals surface area contributed by atoms with Gasteiger partial charge in [0.2, 0.25) is 0 Å². The third kappa shape index (κ3) is 1.49. The number of H-pyrrole nitrogens is 2. The number of hydrogen-bond donors (Lipinski definition) is 2. The number of benzene rings is 2. The van der Waals surface area contributed by atoms with Gasteiger partial charge in [-0.05, 0) is 24.3 Å². The molecule has 2 aromatic heterocycles. The fraction of sp³-hybridized carbons (Fsp3) is 0. The summed E-state index contributed by atoms with van der Waals surface area (Å²) in [6, 6.07) is 15.4. The molecule has 94 valence electrons. The summed E-state index contributed by atoms with van der Waals surface area (Å²) in [7, 11) is 0. The lowest BCUT2D eigenvalue weighted by Crippen LogP contribution is -1.82. The standard InChI is InChI=1S/C15H9N5/c16-8-9-4-3-7-12-13(9)20-15(19-12)14-17-10-5-1-2-6-11(10)18-14/h1-7H,(H,17,18)(H,19,20). The molecule has 0 unspecified atom stereocenters. The SMILES string of the molecule is N#Cc1cccc2nc(-c3nc4ccccc4[nH]3)[nH]c12. The first-order chi connectivity index (χ1) is 9.85. The van der Waals surface area contributed by atoms with E-state index in [1.807, 2.05) is 36.4 Å². The van der Waals surface area contributed by atoms with E-state index in [1.165, 1.54) is 0 Å². The van der Waals surface area contributed by atoms with E-state index < -0.39 is 0 Å². The highest BCUT2D eigenvalue weighted by Gasteiger charge is 2.11. The van der Waals surface area contributed by atoms with E-state index in [0.29, 0.717) is 17.2 Å². The Hall–Kier alpha value is -3.13. The summed E-state index contributed by atoms with van der Waals surface area (Å²) in [6.45, 7) is 0. The third-order valence-corrected chi connectivity index (χ3v) is 3.25. The predicted molar refractivity (Wildman–Crippen MR) is 75.9 cm³/mol. The van der Waals surface area contributed by atoms with Crippen LogP contribution in [0.5, 0.6) is 0 Å². The van der Waals surface area contributed by atoms with Gasteiger partial charge in [-0.25, -0.2) is 9.97 Å². The molecular weight excluding hydrogens is 250 g/mol. The van der Waals surface area contributed by atoms with E-state index in [9.17, 15) is 0 Å². The van der Waals surface area contributed by atoms with E-state index in [0.717, 1.165) is 22.1 Å². The number of hydrogen-bond acceptors (Lipinski definition) is 3. The van der Waals surface area contributed by atoms with Gasteiger partial charge in [0.1, 0.15) is 6.07 Å². The van der Waals surface area contributed by atoms with Gasteiger partial charge in [-0.15, -0.1) is 0 Å². The normalized spacial score (nSPS) is 10.9. The number of rotatable bonds is 1. The number of nitrogens with zero attached hydrogens (tertiary/aromatic N) is 3. The van der Waals surface area contributed by atoms with Crippen LogP contribution >= 0.6 is 0 Å². The van der Waals surface area contributed by atoms with Crippen molar-refractivity contribution in [3.63, 3.8) is 0 Å². The number of imidazole rings is 2. The van der Waals surface area contributed by atoms with Crippen molar-refractivity contribution in [3.05, 3.63) is 48.0 Å². The van der Waals surface area contributed by atoms with Crippen LogP contribution in [0.2, 0.25) is 0 Å². The molecule has 4 aromatic rings. The average Bonchev–Trinajstić information content (AvgIpc) is 3.09. The lowest BCUT2D eigenvalue weighted by Gasteiger charge is -1.89. The van der Waals surface area contributed by atoms with Crippen molar-refractivity contribution >= 4 is 22.1 Å². The van der Waals surface area contributed by atoms with Crippen LogP contribution in [-0.4, -0.2) is 19.9 Å². The van der Waals surface area contributed by atoms with Crippen molar-refractivity contribution in [2.24, 2.45) is 0 Å². The number of fused-ring (bicyclic) bond motifs is 2. The molecule has 0 amide bonds. The molecule has 0 aliphatic rings. The summed E-state index contributed by atoms with van der Waals surface area (Å²) in [6.07, 6.45) is 0. The van der Waals surface area contributed by atoms with Gasteiger partial charge in [0.25, 0.3) is 0 Å². The number of nitrogens with one attached hydrogen (secondary N) is 2. The van der Waals surface area contributed by atoms with Crippen molar-refractivity contribution in [2.45, 2.75) is 0 Å². The number of aromatic nitrogens is 4. The molecule has 0 saturated carbocycles. The molecule has 2 heterocycles. The first-order valence-electron chi connectivity index (χ1n) is 6.19. The Balaban J connectivity index is 1.96. The summed E-state index contributed by atoms with van der Waals surface area (Å²) in [4.78, 5) is 15.4. The van der Waals surface area contributed by atoms with Crippen LogP contribution in [0.15, 0.2) is 42.5 Å². The lowest BCUT2D eigenvalue weighted by molar-refractivity contribution is 1.22. The van der Waals surface area contributed by atoms with Crippen molar-refractivity contribution in [2.75, 3.05) is 0 Å². The van der Waals surface area contributed by atoms with Crippen molar-refractivity contribution in [1.29, 1.82) is 5.26 Å². The van der Waals surface area contributed by atoms with Crippen molar-refractivity contribution in [3.8, 4) is 17.7 Å². The van der Waals surface area contributed by atoms with Gasteiger partial charge in [-0.3, -0.25) is 0 Å². The molecule has 0 saturated heterocycles. The Kier molecular flexibility index (Phi) is 2.12. The lowest BCUT2D eigenvalue weighted by atomic mass is 10.2. The number of para-hydroxylation sites is 3. The molecule has 2 N–H and O–H groups in total. The van der Waals surface area contributed by atoms with Gasteiger partial charge in [-0.2, -0.15) is 5.26 Å². The van der Waals surface area contributed by atoms with Gasteiger partial charge in [0.15, 0.2) is 11.6 Å². The summed E-state index contributed by atoms with van der Waals surface area (Å²) in [5.74, 6) is 1.31. The van der Waals surface area contributed by atoms with E-state index in [-0.39, 0.29) is 0 Å². The van der Waals surface area contributed by atoms with Gasteiger partial charge in [0.05, 0.1) is 27.6 Å². The molecule has 0 aliphatic heterocycles. The zero-order valence-electron chi connectivity index (χ0n) is 10.4. The molecule has 0 radical (unpaired) electrons. The first kappa shape index (κ1) is 10.8. The number of aromatic amines is 2. The zero-order chi connectivity index (χ0) is 13.5. The van der Waals surface area contributed by atoms with E-state index >= 15 is 0 Å². The van der Waals surface area contributed by atoms with Gasteiger partial charge >= 0.3 is 0 Å². The van der Waals surface area contributed by atoms with Gasteiger partial charge in [0, 0.05) is 0 Å². The Morgan fingerprint density at radius 1 is 0.850 bits per heavy atom. The summed E-state index contributed by atoms with van der Waals surface area (Å²) < 4.78 is 0. The highest BCUT2D eigenvalue weighted by molar-refractivity contribution is 5.85. The second kappa shape index (κ2) is 3.93. The van der Waals surface area contributed by atoms with E-state index in [1.54, 1.807) is 6.07 Å². The summed E-state index contributed by atoms with van der Waals surface area (Å²) in [5.41, 5.74) is 3.94. The van der Waals surface area contributed by atoms with E-state index in [2.05, 4.69) is 26.0 Å². The Morgan fingerprint density at radius 3 is 2.45 bits per heavy atom. The maximum absolute atomic E-state index is 9.11. The third-order valence-electron chi connectivity index (χ3n) is 3.25. The first-order valence-corrected chi connectivity index (χ1v) is 6.19. The topological polar surface area (TPSA) is 81.2 Å². The molecule has 0 spiro atoms.